The molecular weight excluding hydrogens is 304 g/mol. The zero-order chi connectivity index (χ0) is 13.8. The first-order chi connectivity index (χ1) is 9.11. The van der Waals surface area contributed by atoms with Crippen LogP contribution in [0.25, 0.3) is 0 Å². The van der Waals surface area contributed by atoms with Crippen molar-refractivity contribution in [3.05, 3.63) is 52.0 Å². The van der Waals surface area contributed by atoms with Gasteiger partial charge in [0, 0.05) is 36.4 Å². The average Bonchev–Trinajstić information content (AvgIpc) is 2.80. The second-order valence-electron chi connectivity index (χ2n) is 4.74. The lowest BCUT2D eigenvalue weighted by atomic mass is 10.0. The van der Waals surface area contributed by atoms with E-state index < -0.39 is 0 Å². The Morgan fingerprint density at radius 1 is 1.47 bits per heavy atom. The molecule has 0 aliphatic rings. The molecule has 0 fully saturated rings. The second-order valence-corrected chi connectivity index (χ2v) is 5.59. The maximum absolute atomic E-state index is 5.70. The summed E-state index contributed by atoms with van der Waals surface area (Å²) in [5, 5.41) is 0. The largest absolute Gasteiger partial charge is 0.338 e. The summed E-state index contributed by atoms with van der Waals surface area (Å²) in [4.78, 5) is 4.34. The van der Waals surface area contributed by atoms with Crippen LogP contribution in [0.5, 0.6) is 0 Å². The number of nitrogens with one attached hydrogen (secondary N) is 1. The minimum absolute atomic E-state index is 0.117. The number of aromatic nitrogens is 2. The highest BCUT2D eigenvalue weighted by atomic mass is 79.9. The van der Waals surface area contributed by atoms with Gasteiger partial charge in [0.1, 0.15) is 5.82 Å². The summed E-state index contributed by atoms with van der Waals surface area (Å²) in [7, 11) is 2.01. The Morgan fingerprint density at radius 3 is 2.89 bits per heavy atom. The van der Waals surface area contributed by atoms with Crippen molar-refractivity contribution in [3.63, 3.8) is 0 Å². The van der Waals surface area contributed by atoms with Gasteiger partial charge in [0.2, 0.25) is 0 Å². The Labute approximate surface area is 122 Å². The number of benzene rings is 1. The Kier molecular flexibility index (Phi) is 4.74. The van der Waals surface area contributed by atoms with Crippen LogP contribution in [0, 0.1) is 6.92 Å². The summed E-state index contributed by atoms with van der Waals surface area (Å²) in [5.41, 5.74) is 5.32. The van der Waals surface area contributed by atoms with Gasteiger partial charge in [0.25, 0.3) is 0 Å². The van der Waals surface area contributed by atoms with Crippen LogP contribution in [0.15, 0.2) is 35.1 Å². The fourth-order valence-corrected chi connectivity index (χ4v) is 2.69. The molecule has 2 aromatic rings. The molecule has 1 aromatic heterocycles. The monoisotopic (exact) mass is 322 g/mol. The molecule has 0 saturated heterocycles. The summed E-state index contributed by atoms with van der Waals surface area (Å²) in [6, 6.07) is 6.42. The fraction of sp³-hybridized carbons (Fsp3) is 0.357. The van der Waals surface area contributed by atoms with Gasteiger partial charge in [-0.15, -0.1) is 0 Å². The van der Waals surface area contributed by atoms with Gasteiger partial charge in [-0.2, -0.15) is 0 Å². The summed E-state index contributed by atoms with van der Waals surface area (Å²) in [6.45, 7) is 2.09. The van der Waals surface area contributed by atoms with Crippen LogP contribution in [0.1, 0.15) is 29.4 Å². The van der Waals surface area contributed by atoms with Gasteiger partial charge in [0.05, 0.1) is 0 Å². The molecule has 0 aliphatic heterocycles. The number of rotatable bonds is 5. The number of hydrogen-bond acceptors (Lipinski definition) is 3. The normalized spacial score (nSPS) is 12.6. The van der Waals surface area contributed by atoms with E-state index in [1.165, 1.54) is 11.1 Å². The third-order valence-corrected chi connectivity index (χ3v) is 4.03. The predicted molar refractivity (Wildman–Crippen MR) is 80.5 cm³/mol. The molecule has 1 atom stereocenters. The lowest BCUT2D eigenvalue weighted by molar-refractivity contribution is 0.504. The number of imidazole rings is 1. The number of hydrazine groups is 1. The van der Waals surface area contributed by atoms with Crippen LogP contribution in [0.3, 0.4) is 0 Å². The maximum atomic E-state index is 5.70. The van der Waals surface area contributed by atoms with Crippen molar-refractivity contribution in [1.29, 1.82) is 0 Å². The molecule has 102 valence electrons. The van der Waals surface area contributed by atoms with Crippen molar-refractivity contribution in [3.8, 4) is 0 Å². The molecule has 0 amide bonds. The third-order valence-electron chi connectivity index (χ3n) is 3.31. The van der Waals surface area contributed by atoms with E-state index in [-0.39, 0.29) is 6.04 Å². The van der Waals surface area contributed by atoms with Gasteiger partial charge in [-0.25, -0.2) is 4.98 Å². The van der Waals surface area contributed by atoms with E-state index in [0.29, 0.717) is 0 Å². The third kappa shape index (κ3) is 3.43. The molecular formula is C14H19BrN4. The lowest BCUT2D eigenvalue weighted by Crippen LogP contribution is -2.29. The Bertz CT molecular complexity index is 550. The van der Waals surface area contributed by atoms with E-state index in [4.69, 9.17) is 5.84 Å². The van der Waals surface area contributed by atoms with Crippen molar-refractivity contribution in [1.82, 2.24) is 15.0 Å². The van der Waals surface area contributed by atoms with Crippen LogP contribution in [0.4, 0.5) is 0 Å². The van der Waals surface area contributed by atoms with Crippen molar-refractivity contribution in [2.45, 2.75) is 25.8 Å². The van der Waals surface area contributed by atoms with Gasteiger partial charge in [-0.3, -0.25) is 11.3 Å². The first-order valence-electron chi connectivity index (χ1n) is 6.30. The maximum Gasteiger partial charge on any atom is 0.108 e. The zero-order valence-electron chi connectivity index (χ0n) is 11.2. The summed E-state index contributed by atoms with van der Waals surface area (Å²) < 4.78 is 3.12. The topological polar surface area (TPSA) is 55.9 Å². The average molecular weight is 323 g/mol. The number of aryl methyl sites for hydroxylation is 3. The highest BCUT2D eigenvalue weighted by Crippen LogP contribution is 2.27. The van der Waals surface area contributed by atoms with E-state index in [0.717, 1.165) is 23.1 Å². The molecule has 0 radical (unpaired) electrons. The summed E-state index contributed by atoms with van der Waals surface area (Å²) in [6.07, 6.45) is 5.58. The fourth-order valence-electron chi connectivity index (χ4n) is 2.17. The van der Waals surface area contributed by atoms with Crippen LogP contribution in [-0.4, -0.2) is 9.55 Å². The molecule has 1 heterocycles. The standard InChI is InChI=1S/C14H19BrN4/c1-10-3-4-12(15)11(9-10)13(18-16)5-6-14-17-7-8-19(14)2/h3-4,7-9,13,18H,5-6,16H2,1-2H3. The molecule has 2 rings (SSSR count). The van der Waals surface area contributed by atoms with Gasteiger partial charge in [-0.1, -0.05) is 33.6 Å². The SMILES string of the molecule is Cc1ccc(Br)c(C(CCc2nccn2C)NN)c1. The summed E-state index contributed by atoms with van der Waals surface area (Å²) >= 11 is 3.59. The van der Waals surface area contributed by atoms with Crippen LogP contribution in [-0.2, 0) is 13.5 Å². The Morgan fingerprint density at radius 2 is 2.26 bits per heavy atom. The molecule has 0 saturated carbocycles. The van der Waals surface area contributed by atoms with Crippen LogP contribution in [0.2, 0.25) is 0 Å². The lowest BCUT2D eigenvalue weighted by Gasteiger charge is -2.18. The highest BCUT2D eigenvalue weighted by Gasteiger charge is 2.14. The van der Waals surface area contributed by atoms with Gasteiger partial charge >= 0.3 is 0 Å². The highest BCUT2D eigenvalue weighted by molar-refractivity contribution is 9.10. The zero-order valence-corrected chi connectivity index (χ0v) is 12.8. The number of hydrogen-bond donors (Lipinski definition) is 2. The first kappa shape index (κ1) is 14.2. The summed E-state index contributed by atoms with van der Waals surface area (Å²) in [5.74, 6) is 6.78. The van der Waals surface area contributed by atoms with Gasteiger partial charge < -0.3 is 4.57 Å². The molecule has 3 N–H and O–H groups in total. The van der Waals surface area contributed by atoms with E-state index in [9.17, 15) is 0 Å². The van der Waals surface area contributed by atoms with Crippen molar-refractivity contribution < 1.29 is 0 Å². The van der Waals surface area contributed by atoms with Crippen LogP contribution >= 0.6 is 15.9 Å². The van der Waals surface area contributed by atoms with E-state index >= 15 is 0 Å². The minimum atomic E-state index is 0.117. The molecule has 0 bridgehead atoms. The molecule has 1 unspecified atom stereocenters. The van der Waals surface area contributed by atoms with E-state index in [2.05, 4.69) is 51.5 Å². The van der Waals surface area contributed by atoms with Gasteiger partial charge in [-0.05, 0) is 25.0 Å². The second kappa shape index (κ2) is 6.32. The number of nitrogens with zero attached hydrogens (tertiary/aromatic N) is 2. The molecule has 4 nitrogen and oxygen atoms in total. The minimum Gasteiger partial charge on any atom is -0.338 e. The quantitative estimate of drug-likeness (QED) is 0.657. The predicted octanol–water partition coefficient (Wildman–Crippen LogP) is 2.63. The van der Waals surface area contributed by atoms with E-state index in [1.54, 1.807) is 0 Å². The molecule has 1 aromatic carbocycles. The van der Waals surface area contributed by atoms with E-state index in [1.807, 2.05) is 24.0 Å². The molecule has 5 heteroatoms. The van der Waals surface area contributed by atoms with Gasteiger partial charge in [0.15, 0.2) is 0 Å². The first-order valence-corrected chi connectivity index (χ1v) is 7.09. The molecule has 19 heavy (non-hydrogen) atoms. The van der Waals surface area contributed by atoms with Crippen molar-refractivity contribution >= 4 is 15.9 Å². The number of halogens is 1. The Hall–Kier alpha value is -1.17. The van der Waals surface area contributed by atoms with Crippen LogP contribution < -0.4 is 11.3 Å². The molecule has 0 spiro atoms. The Balaban J connectivity index is 2.12. The smallest absolute Gasteiger partial charge is 0.108 e. The molecule has 0 aliphatic carbocycles. The van der Waals surface area contributed by atoms with Crippen molar-refractivity contribution in [2.24, 2.45) is 12.9 Å². The number of nitrogens with two attached hydrogens (primary N) is 1. The van der Waals surface area contributed by atoms with Crippen molar-refractivity contribution in [2.75, 3.05) is 0 Å².